The number of non-ortho nitro benzene ring substituents is 1. The monoisotopic (exact) mass is 180 g/mol. The van der Waals surface area contributed by atoms with Crippen LogP contribution in [0.4, 0.5) is 5.69 Å². The first-order valence-electron chi connectivity index (χ1n) is 3.89. The molecule has 1 heterocycles. The summed E-state index contributed by atoms with van der Waals surface area (Å²) in [5.74, 6) is 0.112. The third-order valence-corrected chi connectivity index (χ3v) is 2.01. The molecular weight excluding hydrogens is 172 g/mol. The standard InChI is InChI=1S/C8H8N2O3/c11-8-2-1-5(10(12)13)3-6(8)7-4-9-7/h1-3,7,9,11H,4H2/t7-/m1/s1. The van der Waals surface area contributed by atoms with Gasteiger partial charge in [0.1, 0.15) is 5.75 Å². The smallest absolute Gasteiger partial charge is 0.270 e. The topological polar surface area (TPSA) is 85.3 Å². The Morgan fingerprint density at radius 1 is 1.62 bits per heavy atom. The molecular formula is C8H8N2O3. The summed E-state index contributed by atoms with van der Waals surface area (Å²) in [5, 5.41) is 22.8. The van der Waals surface area contributed by atoms with Crippen molar-refractivity contribution in [2.75, 3.05) is 6.54 Å². The van der Waals surface area contributed by atoms with Crippen LogP contribution in [0.2, 0.25) is 0 Å². The predicted molar refractivity (Wildman–Crippen MR) is 45.5 cm³/mol. The van der Waals surface area contributed by atoms with Crippen molar-refractivity contribution >= 4 is 5.69 Å². The van der Waals surface area contributed by atoms with E-state index in [2.05, 4.69) is 5.32 Å². The van der Waals surface area contributed by atoms with E-state index in [1.807, 2.05) is 0 Å². The molecule has 0 aliphatic carbocycles. The number of nitro groups is 1. The van der Waals surface area contributed by atoms with E-state index in [1.165, 1.54) is 18.2 Å². The van der Waals surface area contributed by atoms with Gasteiger partial charge in [0.05, 0.1) is 4.92 Å². The highest BCUT2D eigenvalue weighted by molar-refractivity contribution is 5.46. The van der Waals surface area contributed by atoms with Crippen LogP contribution in [-0.4, -0.2) is 16.6 Å². The molecule has 1 aliphatic rings. The predicted octanol–water partition coefficient (Wildman–Crippen LogP) is 0.945. The van der Waals surface area contributed by atoms with Gasteiger partial charge < -0.3 is 10.4 Å². The first-order chi connectivity index (χ1) is 6.18. The van der Waals surface area contributed by atoms with Crippen LogP contribution in [0.15, 0.2) is 18.2 Å². The average Bonchev–Trinajstić information content (AvgIpc) is 2.87. The minimum Gasteiger partial charge on any atom is -0.508 e. The van der Waals surface area contributed by atoms with Gasteiger partial charge in [-0.15, -0.1) is 0 Å². The summed E-state index contributed by atoms with van der Waals surface area (Å²) < 4.78 is 0. The Bertz CT molecular complexity index is 360. The fourth-order valence-electron chi connectivity index (χ4n) is 1.21. The lowest BCUT2D eigenvalue weighted by Gasteiger charge is -2.00. The molecule has 5 nitrogen and oxygen atoms in total. The van der Waals surface area contributed by atoms with Gasteiger partial charge in [-0.2, -0.15) is 0 Å². The number of nitrogens with zero attached hydrogens (tertiary/aromatic N) is 1. The van der Waals surface area contributed by atoms with Crippen molar-refractivity contribution in [2.45, 2.75) is 6.04 Å². The number of phenolic OH excluding ortho intramolecular Hbond substituents is 1. The Morgan fingerprint density at radius 3 is 2.85 bits per heavy atom. The van der Waals surface area contributed by atoms with E-state index < -0.39 is 4.92 Å². The third kappa shape index (κ3) is 1.46. The van der Waals surface area contributed by atoms with Gasteiger partial charge >= 0.3 is 0 Å². The van der Waals surface area contributed by atoms with Crippen molar-refractivity contribution < 1.29 is 10.0 Å². The second-order valence-corrected chi connectivity index (χ2v) is 2.96. The molecule has 0 aromatic heterocycles. The summed E-state index contributed by atoms with van der Waals surface area (Å²) in [4.78, 5) is 9.94. The molecule has 1 atom stereocenters. The highest BCUT2D eigenvalue weighted by atomic mass is 16.6. The van der Waals surface area contributed by atoms with Crippen LogP contribution in [-0.2, 0) is 0 Å². The van der Waals surface area contributed by atoms with Crippen molar-refractivity contribution in [1.82, 2.24) is 5.32 Å². The van der Waals surface area contributed by atoms with Crippen molar-refractivity contribution in [3.8, 4) is 5.75 Å². The van der Waals surface area contributed by atoms with Crippen LogP contribution in [0.3, 0.4) is 0 Å². The number of hydrogen-bond acceptors (Lipinski definition) is 4. The molecule has 0 radical (unpaired) electrons. The molecule has 68 valence electrons. The van der Waals surface area contributed by atoms with E-state index in [-0.39, 0.29) is 17.5 Å². The zero-order chi connectivity index (χ0) is 9.42. The van der Waals surface area contributed by atoms with Crippen LogP contribution in [0.25, 0.3) is 0 Å². The summed E-state index contributed by atoms with van der Waals surface area (Å²) in [5.41, 5.74) is 0.621. The Hall–Kier alpha value is -1.62. The van der Waals surface area contributed by atoms with E-state index in [1.54, 1.807) is 0 Å². The molecule has 1 aliphatic heterocycles. The fraction of sp³-hybridized carbons (Fsp3) is 0.250. The van der Waals surface area contributed by atoms with Crippen LogP contribution >= 0.6 is 0 Å². The zero-order valence-electron chi connectivity index (χ0n) is 6.73. The number of aromatic hydroxyl groups is 1. The van der Waals surface area contributed by atoms with Crippen molar-refractivity contribution in [2.24, 2.45) is 0 Å². The SMILES string of the molecule is O=[N+]([O-])c1ccc(O)c([C@H]2CN2)c1. The number of benzene rings is 1. The molecule has 1 fully saturated rings. The van der Waals surface area contributed by atoms with Gasteiger partial charge in [0.2, 0.25) is 0 Å². The molecule has 1 aromatic rings. The Balaban J connectivity index is 2.41. The fourth-order valence-corrected chi connectivity index (χ4v) is 1.21. The van der Waals surface area contributed by atoms with Gasteiger partial charge in [-0.25, -0.2) is 0 Å². The van der Waals surface area contributed by atoms with E-state index >= 15 is 0 Å². The highest BCUT2D eigenvalue weighted by Crippen LogP contribution is 2.32. The van der Waals surface area contributed by atoms with Gasteiger partial charge in [-0.05, 0) is 6.07 Å². The summed E-state index contributed by atoms with van der Waals surface area (Å²) >= 11 is 0. The van der Waals surface area contributed by atoms with Crippen LogP contribution in [0, 0.1) is 10.1 Å². The van der Waals surface area contributed by atoms with Gasteiger partial charge in [-0.3, -0.25) is 10.1 Å². The normalized spacial score (nSPS) is 19.8. The molecule has 13 heavy (non-hydrogen) atoms. The van der Waals surface area contributed by atoms with Gasteiger partial charge in [0, 0.05) is 30.3 Å². The third-order valence-electron chi connectivity index (χ3n) is 2.01. The lowest BCUT2D eigenvalue weighted by atomic mass is 10.1. The maximum absolute atomic E-state index is 10.4. The second kappa shape index (κ2) is 2.70. The minimum atomic E-state index is -0.467. The molecule has 0 bridgehead atoms. The Morgan fingerprint density at radius 2 is 2.31 bits per heavy atom. The van der Waals surface area contributed by atoms with Gasteiger partial charge in [-0.1, -0.05) is 0 Å². The van der Waals surface area contributed by atoms with E-state index in [9.17, 15) is 15.2 Å². The minimum absolute atomic E-state index is 0.0153. The highest BCUT2D eigenvalue weighted by Gasteiger charge is 2.26. The number of nitro benzene ring substituents is 1. The molecule has 1 aromatic carbocycles. The molecule has 2 N–H and O–H groups in total. The number of hydrogen-bond donors (Lipinski definition) is 2. The van der Waals surface area contributed by atoms with E-state index in [4.69, 9.17) is 0 Å². The largest absolute Gasteiger partial charge is 0.508 e. The Kier molecular flexibility index (Phi) is 1.66. The summed E-state index contributed by atoms with van der Waals surface area (Å²) in [6, 6.07) is 4.13. The van der Waals surface area contributed by atoms with Gasteiger partial charge in [0.25, 0.3) is 5.69 Å². The molecule has 0 amide bonds. The maximum atomic E-state index is 10.4. The number of rotatable bonds is 2. The molecule has 0 spiro atoms. The summed E-state index contributed by atoms with van der Waals surface area (Å²) in [6.07, 6.45) is 0. The van der Waals surface area contributed by atoms with Crippen molar-refractivity contribution in [1.29, 1.82) is 0 Å². The van der Waals surface area contributed by atoms with E-state index in [0.29, 0.717) is 5.56 Å². The maximum Gasteiger partial charge on any atom is 0.270 e. The number of nitrogens with one attached hydrogen (secondary N) is 1. The Labute approximate surface area is 74.2 Å². The van der Waals surface area contributed by atoms with Crippen LogP contribution < -0.4 is 5.32 Å². The van der Waals surface area contributed by atoms with Crippen LogP contribution in [0.5, 0.6) is 5.75 Å². The zero-order valence-corrected chi connectivity index (χ0v) is 6.73. The average molecular weight is 180 g/mol. The summed E-state index contributed by atoms with van der Waals surface area (Å²) in [6.45, 7) is 0.773. The van der Waals surface area contributed by atoms with Crippen molar-refractivity contribution in [3.05, 3.63) is 33.9 Å². The molecule has 0 saturated carbocycles. The van der Waals surface area contributed by atoms with E-state index in [0.717, 1.165) is 6.54 Å². The first-order valence-corrected chi connectivity index (χ1v) is 3.89. The molecule has 1 saturated heterocycles. The van der Waals surface area contributed by atoms with Crippen LogP contribution in [0.1, 0.15) is 11.6 Å². The lowest BCUT2D eigenvalue weighted by Crippen LogP contribution is -1.91. The van der Waals surface area contributed by atoms with Gasteiger partial charge in [0.15, 0.2) is 0 Å². The lowest BCUT2D eigenvalue weighted by molar-refractivity contribution is -0.384. The molecule has 5 heteroatoms. The second-order valence-electron chi connectivity index (χ2n) is 2.96. The molecule has 0 unspecified atom stereocenters. The van der Waals surface area contributed by atoms with Crippen molar-refractivity contribution in [3.63, 3.8) is 0 Å². The summed E-state index contributed by atoms with van der Waals surface area (Å²) in [7, 11) is 0. The first kappa shape index (κ1) is 8.00. The number of phenols is 1. The quantitative estimate of drug-likeness (QED) is 0.403. The molecule has 2 rings (SSSR count).